The number of fused-ring (bicyclic) bond motifs is 1. The summed E-state index contributed by atoms with van der Waals surface area (Å²) in [7, 11) is 1.62. The first kappa shape index (κ1) is 18.3. The summed E-state index contributed by atoms with van der Waals surface area (Å²) in [5.41, 5.74) is 2.80. The minimum absolute atomic E-state index is 0.265. The van der Waals surface area contributed by atoms with E-state index in [0.29, 0.717) is 18.8 Å². The lowest BCUT2D eigenvalue weighted by molar-refractivity contribution is 0.236. The van der Waals surface area contributed by atoms with Crippen LogP contribution in [0.4, 0.5) is 4.79 Å². The van der Waals surface area contributed by atoms with Crippen LogP contribution in [0.5, 0.6) is 5.75 Å². The van der Waals surface area contributed by atoms with Crippen LogP contribution in [-0.4, -0.2) is 29.7 Å². The van der Waals surface area contributed by atoms with Gasteiger partial charge in [-0.15, -0.1) is 0 Å². The number of hydrogen-bond acceptors (Lipinski definition) is 4. The van der Waals surface area contributed by atoms with E-state index in [-0.39, 0.29) is 18.5 Å². The van der Waals surface area contributed by atoms with Gasteiger partial charge < -0.3 is 20.4 Å². The Morgan fingerprint density at radius 3 is 2.74 bits per heavy atom. The molecule has 0 saturated heterocycles. The maximum absolute atomic E-state index is 12.2. The van der Waals surface area contributed by atoms with Crippen molar-refractivity contribution in [2.24, 2.45) is 0 Å². The van der Waals surface area contributed by atoms with Crippen molar-refractivity contribution in [2.75, 3.05) is 13.7 Å². The number of carbonyl (C=O) groups is 1. The molecule has 138 valence electrons. The Morgan fingerprint density at radius 1 is 1.26 bits per heavy atom. The van der Waals surface area contributed by atoms with Crippen LogP contribution in [0.3, 0.4) is 0 Å². The number of methoxy groups -OCH3 is 1. The quantitative estimate of drug-likeness (QED) is 0.561. The fraction of sp³-hybridized carbons (Fsp3) is 0.250. The number of imidazole rings is 1. The van der Waals surface area contributed by atoms with E-state index >= 15 is 0 Å². The SMILES string of the molecule is COc1ccc(C[C@@H](NC(=O)NCCC#N)c2nc3ccccc3[nH]2)cc1. The molecule has 1 atom stereocenters. The zero-order valence-electron chi connectivity index (χ0n) is 15.0. The van der Waals surface area contributed by atoms with E-state index in [1.54, 1.807) is 7.11 Å². The standard InChI is InChI=1S/C20H21N5O2/c1-27-15-9-7-14(8-10-15)13-18(25-20(26)22-12-4-11-21)19-23-16-5-2-3-6-17(16)24-19/h2-3,5-10,18H,4,12-13H2,1H3,(H,23,24)(H2,22,25,26)/t18-/m1/s1. The summed E-state index contributed by atoms with van der Waals surface area (Å²) >= 11 is 0. The summed E-state index contributed by atoms with van der Waals surface area (Å²) in [4.78, 5) is 20.1. The van der Waals surface area contributed by atoms with E-state index in [0.717, 1.165) is 22.3 Å². The molecule has 0 bridgehead atoms. The number of nitrogens with one attached hydrogen (secondary N) is 3. The molecule has 27 heavy (non-hydrogen) atoms. The van der Waals surface area contributed by atoms with Crippen molar-refractivity contribution >= 4 is 17.1 Å². The molecule has 3 rings (SSSR count). The lowest BCUT2D eigenvalue weighted by Gasteiger charge is -2.17. The summed E-state index contributed by atoms with van der Waals surface area (Å²) in [6, 6.07) is 16.8. The van der Waals surface area contributed by atoms with Crippen molar-refractivity contribution in [3.63, 3.8) is 0 Å². The molecule has 0 aliphatic heterocycles. The molecule has 0 spiro atoms. The first-order valence-corrected chi connectivity index (χ1v) is 8.68. The van der Waals surface area contributed by atoms with E-state index in [9.17, 15) is 4.79 Å². The average Bonchev–Trinajstić information content (AvgIpc) is 3.12. The summed E-state index contributed by atoms with van der Waals surface area (Å²) in [6.07, 6.45) is 0.830. The van der Waals surface area contributed by atoms with Crippen molar-refractivity contribution in [1.29, 1.82) is 5.26 Å². The molecular weight excluding hydrogens is 342 g/mol. The Kier molecular flexibility index (Phi) is 5.90. The smallest absolute Gasteiger partial charge is 0.315 e. The maximum atomic E-state index is 12.2. The van der Waals surface area contributed by atoms with Crippen LogP contribution in [0.15, 0.2) is 48.5 Å². The monoisotopic (exact) mass is 363 g/mol. The number of nitriles is 1. The molecule has 0 aliphatic carbocycles. The normalized spacial score (nSPS) is 11.6. The van der Waals surface area contributed by atoms with Gasteiger partial charge in [0.15, 0.2) is 0 Å². The number of ether oxygens (including phenoxy) is 1. The second-order valence-corrected chi connectivity index (χ2v) is 6.05. The highest BCUT2D eigenvalue weighted by atomic mass is 16.5. The van der Waals surface area contributed by atoms with Crippen molar-refractivity contribution in [3.8, 4) is 11.8 Å². The fourth-order valence-corrected chi connectivity index (χ4v) is 2.79. The maximum Gasteiger partial charge on any atom is 0.315 e. The molecule has 3 aromatic rings. The highest BCUT2D eigenvalue weighted by Crippen LogP contribution is 2.21. The lowest BCUT2D eigenvalue weighted by Crippen LogP contribution is -2.39. The van der Waals surface area contributed by atoms with E-state index in [4.69, 9.17) is 10.00 Å². The van der Waals surface area contributed by atoms with Crippen LogP contribution < -0.4 is 15.4 Å². The van der Waals surface area contributed by atoms with Gasteiger partial charge in [0, 0.05) is 6.54 Å². The van der Waals surface area contributed by atoms with Crippen LogP contribution in [0.1, 0.15) is 23.9 Å². The van der Waals surface area contributed by atoms with E-state index in [2.05, 4.69) is 20.6 Å². The largest absolute Gasteiger partial charge is 0.497 e. The molecule has 0 aliphatic rings. The third kappa shape index (κ3) is 4.76. The van der Waals surface area contributed by atoms with Gasteiger partial charge >= 0.3 is 6.03 Å². The number of H-pyrrole nitrogens is 1. The molecule has 0 fully saturated rings. The molecular formula is C20H21N5O2. The van der Waals surface area contributed by atoms with Gasteiger partial charge in [-0.1, -0.05) is 24.3 Å². The number of para-hydroxylation sites is 2. The zero-order chi connectivity index (χ0) is 19.1. The van der Waals surface area contributed by atoms with E-state index in [1.807, 2.05) is 54.6 Å². The number of aromatic amines is 1. The summed E-state index contributed by atoms with van der Waals surface area (Å²) in [5.74, 6) is 1.46. The van der Waals surface area contributed by atoms with Gasteiger partial charge in [-0.3, -0.25) is 0 Å². The van der Waals surface area contributed by atoms with Crippen molar-refractivity contribution in [1.82, 2.24) is 20.6 Å². The van der Waals surface area contributed by atoms with Gasteiger partial charge in [-0.25, -0.2) is 9.78 Å². The second-order valence-electron chi connectivity index (χ2n) is 6.05. The number of carbonyl (C=O) groups excluding carboxylic acids is 1. The summed E-state index contributed by atoms with van der Waals surface area (Å²) < 4.78 is 5.19. The highest BCUT2D eigenvalue weighted by molar-refractivity contribution is 5.76. The van der Waals surface area contributed by atoms with Gasteiger partial charge in [0.1, 0.15) is 11.6 Å². The molecule has 0 saturated carbocycles. The van der Waals surface area contributed by atoms with Gasteiger partial charge in [0.25, 0.3) is 0 Å². The zero-order valence-corrected chi connectivity index (χ0v) is 15.0. The fourth-order valence-electron chi connectivity index (χ4n) is 2.79. The Bertz CT molecular complexity index is 910. The third-order valence-corrected chi connectivity index (χ3v) is 4.16. The van der Waals surface area contributed by atoms with Crippen molar-refractivity contribution < 1.29 is 9.53 Å². The molecule has 7 heteroatoms. The Labute approximate surface area is 157 Å². The van der Waals surface area contributed by atoms with Crippen LogP contribution in [-0.2, 0) is 6.42 Å². The Balaban J connectivity index is 1.80. The van der Waals surface area contributed by atoms with Gasteiger partial charge in [-0.2, -0.15) is 5.26 Å². The molecule has 3 N–H and O–H groups in total. The molecule has 0 unspecified atom stereocenters. The minimum atomic E-state index is -0.340. The number of urea groups is 1. The molecule has 1 aromatic heterocycles. The van der Waals surface area contributed by atoms with Crippen LogP contribution in [0.2, 0.25) is 0 Å². The molecule has 2 aromatic carbocycles. The number of aromatic nitrogens is 2. The second kappa shape index (κ2) is 8.72. The Hall–Kier alpha value is -3.53. The van der Waals surface area contributed by atoms with Crippen molar-refractivity contribution in [3.05, 3.63) is 59.9 Å². The minimum Gasteiger partial charge on any atom is -0.497 e. The number of rotatable bonds is 7. The van der Waals surface area contributed by atoms with Gasteiger partial charge in [-0.05, 0) is 36.2 Å². The van der Waals surface area contributed by atoms with Crippen LogP contribution in [0, 0.1) is 11.3 Å². The summed E-state index contributed by atoms with van der Waals surface area (Å²) in [6.45, 7) is 0.303. The lowest BCUT2D eigenvalue weighted by atomic mass is 10.1. The number of nitrogens with zero attached hydrogens (tertiary/aromatic N) is 2. The van der Waals surface area contributed by atoms with Crippen LogP contribution in [0.25, 0.3) is 11.0 Å². The first-order chi connectivity index (χ1) is 13.2. The Morgan fingerprint density at radius 2 is 2.04 bits per heavy atom. The van der Waals surface area contributed by atoms with Gasteiger partial charge in [0.2, 0.25) is 0 Å². The average molecular weight is 363 g/mol. The van der Waals surface area contributed by atoms with Gasteiger partial charge in [0.05, 0.1) is 36.7 Å². The topological polar surface area (TPSA) is 103 Å². The molecule has 0 radical (unpaired) electrons. The molecule has 7 nitrogen and oxygen atoms in total. The predicted molar refractivity (Wildman–Crippen MR) is 102 cm³/mol. The van der Waals surface area contributed by atoms with Crippen LogP contribution >= 0.6 is 0 Å². The highest BCUT2D eigenvalue weighted by Gasteiger charge is 2.19. The summed E-state index contributed by atoms with van der Waals surface area (Å²) in [5, 5.41) is 14.2. The number of benzene rings is 2. The number of hydrogen-bond donors (Lipinski definition) is 3. The first-order valence-electron chi connectivity index (χ1n) is 8.68. The predicted octanol–water partition coefficient (Wildman–Crippen LogP) is 3.07. The molecule has 1 heterocycles. The third-order valence-electron chi connectivity index (χ3n) is 4.16. The molecule has 2 amide bonds. The van der Waals surface area contributed by atoms with Crippen molar-refractivity contribution in [2.45, 2.75) is 18.9 Å². The van der Waals surface area contributed by atoms with E-state index in [1.165, 1.54) is 0 Å². The number of amides is 2. The van der Waals surface area contributed by atoms with E-state index < -0.39 is 0 Å².